The van der Waals surface area contributed by atoms with Crippen LogP contribution in [0.5, 0.6) is 5.75 Å². The van der Waals surface area contributed by atoms with Crippen molar-refractivity contribution in [3.8, 4) is 5.75 Å². The number of rotatable bonds is 25. The maximum atomic E-state index is 13.2. The molecule has 5 nitrogen and oxygen atoms in total. The van der Waals surface area contributed by atoms with Crippen molar-refractivity contribution in [1.82, 2.24) is 0 Å². The van der Waals surface area contributed by atoms with Gasteiger partial charge in [-0.1, -0.05) is 140 Å². The van der Waals surface area contributed by atoms with Crippen LogP contribution in [0.2, 0.25) is 0 Å². The Kier molecular flexibility index (Phi) is 19.7. The highest BCUT2D eigenvalue weighted by Gasteiger charge is 2.30. The van der Waals surface area contributed by atoms with E-state index in [2.05, 4.69) is 13.8 Å². The van der Waals surface area contributed by atoms with E-state index in [0.717, 1.165) is 55.4 Å². The lowest BCUT2D eigenvalue weighted by molar-refractivity contribution is -0.155. The van der Waals surface area contributed by atoms with Gasteiger partial charge in [-0.15, -0.1) is 0 Å². The van der Waals surface area contributed by atoms with Crippen molar-refractivity contribution in [1.29, 1.82) is 0 Å². The molecule has 42 heavy (non-hydrogen) atoms. The van der Waals surface area contributed by atoms with E-state index in [1.807, 2.05) is 54.6 Å². The molecular weight excluding hydrogens is 524 g/mol. The van der Waals surface area contributed by atoms with Gasteiger partial charge in [0.25, 0.3) is 0 Å². The summed E-state index contributed by atoms with van der Waals surface area (Å²) in [4.78, 5) is 13.2. The molecule has 0 saturated heterocycles. The van der Waals surface area contributed by atoms with Crippen LogP contribution in [0.3, 0.4) is 0 Å². The first-order valence-electron chi connectivity index (χ1n) is 16.7. The molecule has 2 aromatic rings. The highest BCUT2D eigenvalue weighted by molar-refractivity contribution is 5.73. The predicted molar refractivity (Wildman–Crippen MR) is 173 cm³/mol. The normalized spacial score (nSPS) is 13.4. The SMILES string of the molecule is CCCCCCCCCCCC(CC(O)C(CCCCCC)C(=O)OCc1ccccc1)OCc1ccc(OC)cc1. The van der Waals surface area contributed by atoms with E-state index in [-0.39, 0.29) is 18.7 Å². The van der Waals surface area contributed by atoms with Crippen molar-refractivity contribution in [2.24, 2.45) is 5.92 Å². The smallest absolute Gasteiger partial charge is 0.311 e. The molecular formula is C37H58O5. The fourth-order valence-electron chi connectivity index (χ4n) is 5.42. The van der Waals surface area contributed by atoms with Crippen LogP contribution < -0.4 is 4.74 Å². The number of esters is 1. The molecule has 0 aromatic heterocycles. The molecule has 0 aliphatic rings. The summed E-state index contributed by atoms with van der Waals surface area (Å²) in [6, 6.07) is 17.7. The van der Waals surface area contributed by atoms with Gasteiger partial charge in [-0.2, -0.15) is 0 Å². The summed E-state index contributed by atoms with van der Waals surface area (Å²) in [5.74, 6) is -0.0269. The zero-order chi connectivity index (χ0) is 30.3. The second-order valence-corrected chi connectivity index (χ2v) is 11.8. The number of hydrogen-bond donors (Lipinski definition) is 1. The van der Waals surface area contributed by atoms with Gasteiger partial charge < -0.3 is 19.3 Å². The number of methoxy groups -OCH3 is 1. The predicted octanol–water partition coefficient (Wildman–Crippen LogP) is 9.58. The molecule has 0 aliphatic carbocycles. The number of aliphatic hydroxyl groups is 1. The van der Waals surface area contributed by atoms with E-state index in [9.17, 15) is 9.90 Å². The Morgan fingerprint density at radius 2 is 1.24 bits per heavy atom. The van der Waals surface area contributed by atoms with E-state index in [1.54, 1.807) is 7.11 Å². The number of unbranched alkanes of at least 4 members (excludes halogenated alkanes) is 11. The number of carbonyl (C=O) groups is 1. The van der Waals surface area contributed by atoms with Gasteiger partial charge in [0, 0.05) is 6.42 Å². The highest BCUT2D eigenvalue weighted by atomic mass is 16.5. The number of benzene rings is 2. The van der Waals surface area contributed by atoms with E-state index in [1.165, 1.54) is 51.4 Å². The zero-order valence-corrected chi connectivity index (χ0v) is 26.7. The molecule has 0 spiro atoms. The van der Waals surface area contributed by atoms with Crippen LogP contribution in [0.25, 0.3) is 0 Å². The summed E-state index contributed by atoms with van der Waals surface area (Å²) < 4.78 is 17.4. The van der Waals surface area contributed by atoms with Crippen LogP contribution >= 0.6 is 0 Å². The van der Waals surface area contributed by atoms with Crippen molar-refractivity contribution in [3.63, 3.8) is 0 Å². The molecule has 3 atom stereocenters. The molecule has 236 valence electrons. The Morgan fingerprint density at radius 3 is 1.86 bits per heavy atom. The molecule has 5 heteroatoms. The lowest BCUT2D eigenvalue weighted by Gasteiger charge is -2.26. The fourth-order valence-corrected chi connectivity index (χ4v) is 5.42. The Hall–Kier alpha value is -2.37. The van der Waals surface area contributed by atoms with Crippen LogP contribution in [0.1, 0.15) is 128 Å². The van der Waals surface area contributed by atoms with Crippen molar-refractivity contribution in [2.75, 3.05) is 7.11 Å². The third-order valence-corrected chi connectivity index (χ3v) is 8.14. The minimum Gasteiger partial charge on any atom is -0.497 e. The van der Waals surface area contributed by atoms with Gasteiger partial charge in [-0.05, 0) is 36.1 Å². The van der Waals surface area contributed by atoms with Crippen molar-refractivity contribution in [2.45, 2.75) is 142 Å². The maximum absolute atomic E-state index is 13.2. The summed E-state index contributed by atoms with van der Waals surface area (Å²) in [6.45, 7) is 5.14. The number of ether oxygens (including phenoxy) is 3. The van der Waals surface area contributed by atoms with Gasteiger partial charge in [0.05, 0.1) is 31.8 Å². The largest absolute Gasteiger partial charge is 0.497 e. The van der Waals surface area contributed by atoms with Crippen molar-refractivity contribution >= 4 is 5.97 Å². The van der Waals surface area contributed by atoms with Gasteiger partial charge in [0.1, 0.15) is 12.4 Å². The monoisotopic (exact) mass is 582 g/mol. The first-order chi connectivity index (χ1) is 20.6. The lowest BCUT2D eigenvalue weighted by Crippen LogP contribution is -2.33. The van der Waals surface area contributed by atoms with E-state index < -0.39 is 12.0 Å². The Bertz CT molecular complexity index is 914. The van der Waals surface area contributed by atoms with Crippen LogP contribution in [-0.4, -0.2) is 30.4 Å². The molecule has 0 saturated carbocycles. The Labute approximate surface area is 256 Å². The van der Waals surface area contributed by atoms with Gasteiger partial charge >= 0.3 is 5.97 Å². The molecule has 3 unspecified atom stereocenters. The molecule has 0 bridgehead atoms. The van der Waals surface area contributed by atoms with Crippen LogP contribution in [-0.2, 0) is 27.5 Å². The average Bonchev–Trinajstić information content (AvgIpc) is 3.02. The van der Waals surface area contributed by atoms with E-state index >= 15 is 0 Å². The molecule has 0 amide bonds. The maximum Gasteiger partial charge on any atom is 0.311 e. The quantitative estimate of drug-likeness (QED) is 0.0933. The van der Waals surface area contributed by atoms with Gasteiger partial charge in [-0.3, -0.25) is 4.79 Å². The Morgan fingerprint density at radius 1 is 0.690 bits per heavy atom. The summed E-state index contributed by atoms with van der Waals surface area (Å²) in [5, 5.41) is 11.4. The summed E-state index contributed by atoms with van der Waals surface area (Å²) >= 11 is 0. The number of carbonyl (C=O) groups excluding carboxylic acids is 1. The van der Waals surface area contributed by atoms with Crippen LogP contribution in [0.4, 0.5) is 0 Å². The lowest BCUT2D eigenvalue weighted by atomic mass is 9.90. The van der Waals surface area contributed by atoms with Crippen molar-refractivity contribution in [3.05, 3.63) is 65.7 Å². The minimum atomic E-state index is -0.797. The van der Waals surface area contributed by atoms with Crippen LogP contribution in [0.15, 0.2) is 54.6 Å². The van der Waals surface area contributed by atoms with E-state index in [0.29, 0.717) is 19.4 Å². The fraction of sp³-hybridized carbons (Fsp3) is 0.649. The number of aliphatic hydroxyl groups excluding tert-OH is 1. The summed E-state index contributed by atoms with van der Waals surface area (Å²) in [5.41, 5.74) is 2.02. The molecule has 0 aliphatic heterocycles. The number of hydrogen-bond acceptors (Lipinski definition) is 5. The van der Waals surface area contributed by atoms with Gasteiger partial charge in [0.2, 0.25) is 0 Å². The molecule has 2 rings (SSSR count). The molecule has 0 fully saturated rings. The molecule has 1 N–H and O–H groups in total. The first kappa shape index (κ1) is 35.8. The topological polar surface area (TPSA) is 65.0 Å². The third-order valence-electron chi connectivity index (χ3n) is 8.14. The zero-order valence-electron chi connectivity index (χ0n) is 26.7. The molecule has 0 radical (unpaired) electrons. The highest BCUT2D eigenvalue weighted by Crippen LogP contribution is 2.25. The van der Waals surface area contributed by atoms with Crippen LogP contribution in [0, 0.1) is 5.92 Å². The van der Waals surface area contributed by atoms with E-state index in [4.69, 9.17) is 14.2 Å². The summed E-state index contributed by atoms with van der Waals surface area (Å²) in [7, 11) is 1.66. The van der Waals surface area contributed by atoms with Crippen molar-refractivity contribution < 1.29 is 24.1 Å². The first-order valence-corrected chi connectivity index (χ1v) is 16.7. The van der Waals surface area contributed by atoms with Gasteiger partial charge in [-0.25, -0.2) is 0 Å². The third kappa shape index (κ3) is 15.7. The minimum absolute atomic E-state index is 0.119. The Balaban J connectivity index is 1.97. The molecule has 0 heterocycles. The standard InChI is InChI=1S/C37H58O5/c1-4-6-8-10-11-12-13-14-18-22-34(41-29-32-24-26-33(40-3)27-25-32)28-36(38)35(23-19-9-7-5-2)37(39)42-30-31-20-16-15-17-21-31/h15-17,20-21,24-27,34-36,38H,4-14,18-19,22-23,28-30H2,1-3H3. The second-order valence-electron chi connectivity index (χ2n) is 11.8. The van der Waals surface area contributed by atoms with Gasteiger partial charge in [0.15, 0.2) is 0 Å². The average molecular weight is 583 g/mol. The second kappa shape index (κ2) is 23.1. The summed E-state index contributed by atoms with van der Waals surface area (Å²) in [6.07, 6.45) is 16.7. The molecule has 2 aromatic carbocycles.